The van der Waals surface area contributed by atoms with Crippen molar-refractivity contribution in [2.75, 3.05) is 38.1 Å². The van der Waals surface area contributed by atoms with E-state index in [-0.39, 0.29) is 4.90 Å². The summed E-state index contributed by atoms with van der Waals surface area (Å²) in [6.07, 6.45) is 0. The van der Waals surface area contributed by atoms with E-state index in [9.17, 15) is 13.2 Å². The highest BCUT2D eigenvalue weighted by Crippen LogP contribution is 2.19. The summed E-state index contributed by atoms with van der Waals surface area (Å²) in [6, 6.07) is 12.2. The van der Waals surface area contributed by atoms with E-state index in [1.807, 2.05) is 0 Å². The summed E-state index contributed by atoms with van der Waals surface area (Å²) >= 11 is 0. The number of hydrogen-bond donors (Lipinski definition) is 1. The molecule has 0 aliphatic carbocycles. The fraction of sp³-hybridized carbons (Fsp3) is 0.350. The maximum Gasteiger partial charge on any atom is 0.338 e. The van der Waals surface area contributed by atoms with Gasteiger partial charge in [-0.2, -0.15) is 0 Å². The van der Waals surface area contributed by atoms with Crippen molar-refractivity contribution < 1.29 is 22.7 Å². The van der Waals surface area contributed by atoms with Crippen molar-refractivity contribution in [3.63, 3.8) is 0 Å². The molecule has 1 N–H and O–H groups in total. The Bertz CT molecular complexity index is 860. The van der Waals surface area contributed by atoms with Crippen LogP contribution >= 0.6 is 0 Å². The van der Waals surface area contributed by atoms with Gasteiger partial charge in [0, 0.05) is 12.2 Å². The Morgan fingerprint density at radius 1 is 1.00 bits per heavy atom. The molecular formula is C20H26N2O5S. The molecule has 2 aromatic carbocycles. The number of methoxy groups -OCH3 is 1. The molecule has 0 aliphatic heterocycles. The number of benzene rings is 2. The minimum atomic E-state index is -3.73. The molecule has 28 heavy (non-hydrogen) atoms. The Morgan fingerprint density at radius 3 is 2.14 bits per heavy atom. The molecule has 0 bridgehead atoms. The monoisotopic (exact) mass is 406 g/mol. The zero-order valence-corrected chi connectivity index (χ0v) is 17.2. The van der Waals surface area contributed by atoms with E-state index in [4.69, 9.17) is 9.47 Å². The second-order valence-corrected chi connectivity index (χ2v) is 7.70. The number of carbonyl (C=O) groups is 1. The van der Waals surface area contributed by atoms with Gasteiger partial charge in [0.1, 0.15) is 12.4 Å². The number of nitrogens with one attached hydrogen (secondary N) is 1. The van der Waals surface area contributed by atoms with E-state index < -0.39 is 16.0 Å². The van der Waals surface area contributed by atoms with Crippen molar-refractivity contribution in [3.8, 4) is 5.75 Å². The molecule has 0 atom stereocenters. The topological polar surface area (TPSA) is 84.9 Å². The summed E-state index contributed by atoms with van der Waals surface area (Å²) in [6.45, 7) is 6.90. The van der Waals surface area contributed by atoms with E-state index in [0.29, 0.717) is 30.2 Å². The SMILES string of the molecule is CCN(CC)CCOC(=O)c1ccc(NS(=O)(=O)c2ccc(OC)cc2)cc1. The number of sulfonamides is 1. The summed E-state index contributed by atoms with van der Waals surface area (Å²) in [5.41, 5.74) is 0.724. The van der Waals surface area contributed by atoms with Gasteiger partial charge in [0.15, 0.2) is 0 Å². The lowest BCUT2D eigenvalue weighted by atomic mass is 10.2. The first-order chi connectivity index (χ1) is 13.4. The molecule has 0 saturated carbocycles. The van der Waals surface area contributed by atoms with Crippen molar-refractivity contribution in [1.29, 1.82) is 0 Å². The molecule has 8 heteroatoms. The lowest BCUT2D eigenvalue weighted by molar-refractivity contribution is 0.0466. The summed E-state index contributed by atoms with van der Waals surface area (Å²) in [4.78, 5) is 14.4. The molecule has 0 unspecified atom stereocenters. The zero-order valence-electron chi connectivity index (χ0n) is 16.3. The van der Waals surface area contributed by atoms with Crippen molar-refractivity contribution in [1.82, 2.24) is 4.90 Å². The van der Waals surface area contributed by atoms with Crippen LogP contribution in [0, 0.1) is 0 Å². The molecule has 152 valence electrons. The lowest BCUT2D eigenvalue weighted by Gasteiger charge is -2.17. The van der Waals surface area contributed by atoms with Crippen LogP contribution in [0.25, 0.3) is 0 Å². The number of carbonyl (C=O) groups excluding carboxylic acids is 1. The number of likely N-dealkylation sites (N-methyl/N-ethyl adjacent to an activating group) is 1. The van der Waals surface area contributed by atoms with Crippen LogP contribution in [-0.4, -0.2) is 52.6 Å². The third kappa shape index (κ3) is 5.97. The predicted molar refractivity (Wildman–Crippen MR) is 108 cm³/mol. The van der Waals surface area contributed by atoms with E-state index in [0.717, 1.165) is 13.1 Å². The molecular weight excluding hydrogens is 380 g/mol. The molecule has 2 aromatic rings. The molecule has 0 aliphatic rings. The largest absolute Gasteiger partial charge is 0.497 e. The van der Waals surface area contributed by atoms with Crippen LogP contribution in [0.4, 0.5) is 5.69 Å². The number of rotatable bonds is 10. The Labute approximate surface area is 166 Å². The average Bonchev–Trinajstić information content (AvgIpc) is 2.71. The summed E-state index contributed by atoms with van der Waals surface area (Å²) in [5.74, 6) is 0.138. The molecule has 0 saturated heterocycles. The van der Waals surface area contributed by atoms with Crippen molar-refractivity contribution in [2.24, 2.45) is 0 Å². The molecule has 0 spiro atoms. The Kier molecular flexibility index (Phi) is 7.83. The van der Waals surface area contributed by atoms with Crippen LogP contribution in [-0.2, 0) is 14.8 Å². The van der Waals surface area contributed by atoms with Gasteiger partial charge in [-0.05, 0) is 61.6 Å². The molecule has 0 amide bonds. The van der Waals surface area contributed by atoms with Gasteiger partial charge < -0.3 is 14.4 Å². The van der Waals surface area contributed by atoms with Crippen LogP contribution in [0.15, 0.2) is 53.4 Å². The van der Waals surface area contributed by atoms with Crippen LogP contribution in [0.1, 0.15) is 24.2 Å². The zero-order chi connectivity index (χ0) is 20.6. The van der Waals surface area contributed by atoms with E-state index in [1.54, 1.807) is 12.1 Å². The normalized spacial score (nSPS) is 11.3. The molecule has 0 radical (unpaired) electrons. The van der Waals surface area contributed by atoms with E-state index in [1.165, 1.54) is 43.5 Å². The minimum Gasteiger partial charge on any atom is -0.497 e. The minimum absolute atomic E-state index is 0.119. The second kappa shape index (κ2) is 10.1. The van der Waals surface area contributed by atoms with Gasteiger partial charge >= 0.3 is 5.97 Å². The fourth-order valence-electron chi connectivity index (χ4n) is 2.53. The van der Waals surface area contributed by atoms with Crippen molar-refractivity contribution >= 4 is 21.7 Å². The van der Waals surface area contributed by atoms with Crippen LogP contribution < -0.4 is 9.46 Å². The quantitative estimate of drug-likeness (QED) is 0.611. The van der Waals surface area contributed by atoms with Gasteiger partial charge in [0.05, 0.1) is 17.6 Å². The first-order valence-electron chi connectivity index (χ1n) is 9.06. The van der Waals surface area contributed by atoms with Gasteiger partial charge in [-0.25, -0.2) is 13.2 Å². The van der Waals surface area contributed by atoms with Gasteiger partial charge in [0.25, 0.3) is 10.0 Å². The number of hydrogen-bond acceptors (Lipinski definition) is 6. The van der Waals surface area contributed by atoms with Crippen LogP contribution in [0.3, 0.4) is 0 Å². The number of ether oxygens (including phenoxy) is 2. The number of esters is 1. The van der Waals surface area contributed by atoms with E-state index >= 15 is 0 Å². The molecule has 2 rings (SSSR count). The molecule has 0 fully saturated rings. The highest BCUT2D eigenvalue weighted by Gasteiger charge is 2.15. The summed E-state index contributed by atoms with van der Waals surface area (Å²) in [5, 5.41) is 0. The highest BCUT2D eigenvalue weighted by molar-refractivity contribution is 7.92. The lowest BCUT2D eigenvalue weighted by Crippen LogP contribution is -2.27. The average molecular weight is 407 g/mol. The van der Waals surface area contributed by atoms with Crippen LogP contribution in [0.5, 0.6) is 5.75 Å². The van der Waals surface area contributed by atoms with Crippen molar-refractivity contribution in [2.45, 2.75) is 18.7 Å². The van der Waals surface area contributed by atoms with Gasteiger partial charge in [-0.1, -0.05) is 13.8 Å². The molecule has 7 nitrogen and oxygen atoms in total. The van der Waals surface area contributed by atoms with Gasteiger partial charge in [-0.15, -0.1) is 0 Å². The van der Waals surface area contributed by atoms with Gasteiger partial charge in [0.2, 0.25) is 0 Å². The first kappa shape index (κ1) is 21.7. The second-order valence-electron chi connectivity index (χ2n) is 6.02. The van der Waals surface area contributed by atoms with Crippen LogP contribution in [0.2, 0.25) is 0 Å². The Hall–Kier alpha value is -2.58. The Balaban J connectivity index is 1.96. The fourth-order valence-corrected chi connectivity index (χ4v) is 3.59. The maximum atomic E-state index is 12.4. The standard InChI is InChI=1S/C20H26N2O5S/c1-4-22(5-2)14-15-27-20(23)16-6-8-17(9-7-16)21-28(24,25)19-12-10-18(26-3)11-13-19/h6-13,21H,4-5,14-15H2,1-3H3. The summed E-state index contributed by atoms with van der Waals surface area (Å²) < 4.78 is 37.6. The number of nitrogens with zero attached hydrogens (tertiary/aromatic N) is 1. The number of anilines is 1. The smallest absolute Gasteiger partial charge is 0.338 e. The third-order valence-electron chi connectivity index (χ3n) is 4.28. The van der Waals surface area contributed by atoms with E-state index in [2.05, 4.69) is 23.5 Å². The predicted octanol–water partition coefficient (Wildman–Crippen LogP) is 2.99. The van der Waals surface area contributed by atoms with Gasteiger partial charge in [-0.3, -0.25) is 4.72 Å². The van der Waals surface area contributed by atoms with Crippen molar-refractivity contribution in [3.05, 3.63) is 54.1 Å². The molecule has 0 aromatic heterocycles. The molecule has 0 heterocycles. The highest BCUT2D eigenvalue weighted by atomic mass is 32.2. The maximum absolute atomic E-state index is 12.4. The summed E-state index contributed by atoms with van der Waals surface area (Å²) in [7, 11) is -2.22. The third-order valence-corrected chi connectivity index (χ3v) is 5.67. The Morgan fingerprint density at radius 2 is 1.61 bits per heavy atom. The first-order valence-corrected chi connectivity index (χ1v) is 10.5.